The molecular weight excluding hydrogens is 108 g/mol. The Bertz CT molecular complexity index is 62.7. The number of carbonyl (C=O) groups excluding carboxylic acids is 1. The molecule has 2 nitrogen and oxygen atoms in total. The van der Waals surface area contributed by atoms with Gasteiger partial charge in [-0.05, 0) is 6.04 Å². The molecule has 0 N–H and O–H groups in total. The lowest BCUT2D eigenvalue weighted by Gasteiger charge is -1.91. The van der Waals surface area contributed by atoms with Gasteiger partial charge in [-0.1, -0.05) is 6.92 Å². The van der Waals surface area contributed by atoms with Gasteiger partial charge in [-0.2, -0.15) is 0 Å². The molecule has 0 aromatic heterocycles. The minimum atomic E-state index is -0.180. The lowest BCUT2D eigenvalue weighted by molar-refractivity contribution is -0.131. The first-order valence-electron chi connectivity index (χ1n) is 2.17. The summed E-state index contributed by atoms with van der Waals surface area (Å²) in [6.45, 7) is 3.39. The second kappa shape index (κ2) is 3.86. The predicted octanol–water partition coefficient (Wildman–Crippen LogP) is 0.607. The SMILES string of the molecule is CC[Si]OC(C)=O. The molecule has 0 aliphatic heterocycles. The van der Waals surface area contributed by atoms with Crippen LogP contribution >= 0.6 is 0 Å². The van der Waals surface area contributed by atoms with Crippen LogP contribution in [0.25, 0.3) is 0 Å². The van der Waals surface area contributed by atoms with E-state index in [1.54, 1.807) is 0 Å². The molecule has 2 radical (unpaired) electrons. The molecule has 0 saturated heterocycles. The molecule has 3 heteroatoms. The Balaban J connectivity index is 2.82. The average molecular weight is 116 g/mol. The summed E-state index contributed by atoms with van der Waals surface area (Å²) in [5, 5.41) is 0. The smallest absolute Gasteiger partial charge is 0.314 e. The van der Waals surface area contributed by atoms with E-state index in [2.05, 4.69) is 4.43 Å². The van der Waals surface area contributed by atoms with Crippen molar-refractivity contribution in [1.29, 1.82) is 0 Å². The Morgan fingerprint density at radius 3 is 2.57 bits per heavy atom. The van der Waals surface area contributed by atoms with Crippen LogP contribution in [0.1, 0.15) is 13.8 Å². The summed E-state index contributed by atoms with van der Waals surface area (Å²) in [4.78, 5) is 9.99. The Labute approximate surface area is 45.8 Å². The summed E-state index contributed by atoms with van der Waals surface area (Å²) in [5.41, 5.74) is 0. The number of rotatable bonds is 2. The first kappa shape index (κ1) is 6.69. The van der Waals surface area contributed by atoms with Gasteiger partial charge in [0, 0.05) is 6.92 Å². The number of hydrogen-bond donors (Lipinski definition) is 0. The van der Waals surface area contributed by atoms with E-state index in [0.717, 1.165) is 6.04 Å². The van der Waals surface area contributed by atoms with Gasteiger partial charge in [-0.15, -0.1) is 0 Å². The van der Waals surface area contributed by atoms with Crippen molar-refractivity contribution in [2.75, 3.05) is 0 Å². The van der Waals surface area contributed by atoms with Gasteiger partial charge in [0.05, 0.1) is 0 Å². The molecule has 0 spiro atoms. The summed E-state index contributed by atoms with van der Waals surface area (Å²) in [5.74, 6) is -0.180. The minimum Gasteiger partial charge on any atom is -0.517 e. The molecule has 0 aliphatic rings. The average Bonchev–Trinajstić information content (AvgIpc) is 1.61. The maximum atomic E-state index is 9.99. The highest BCUT2D eigenvalue weighted by molar-refractivity contribution is 6.30. The van der Waals surface area contributed by atoms with Crippen LogP contribution in [-0.2, 0) is 9.22 Å². The van der Waals surface area contributed by atoms with E-state index >= 15 is 0 Å². The number of carbonyl (C=O) groups is 1. The van der Waals surface area contributed by atoms with Gasteiger partial charge in [0.1, 0.15) is 0 Å². The van der Waals surface area contributed by atoms with Gasteiger partial charge < -0.3 is 4.43 Å². The first-order valence-corrected chi connectivity index (χ1v) is 3.29. The Morgan fingerprint density at radius 1 is 1.86 bits per heavy atom. The monoisotopic (exact) mass is 116 g/mol. The molecule has 7 heavy (non-hydrogen) atoms. The summed E-state index contributed by atoms with van der Waals surface area (Å²) < 4.78 is 4.58. The maximum Gasteiger partial charge on any atom is 0.314 e. The van der Waals surface area contributed by atoms with Crippen molar-refractivity contribution in [1.82, 2.24) is 0 Å². The maximum absolute atomic E-state index is 9.99. The van der Waals surface area contributed by atoms with Crippen molar-refractivity contribution in [2.45, 2.75) is 19.9 Å². The summed E-state index contributed by atoms with van der Waals surface area (Å²) in [6, 6.07) is 0.930. The van der Waals surface area contributed by atoms with Crippen molar-refractivity contribution in [3.05, 3.63) is 0 Å². The van der Waals surface area contributed by atoms with Gasteiger partial charge in [-0.25, -0.2) is 0 Å². The third kappa shape index (κ3) is 5.69. The van der Waals surface area contributed by atoms with E-state index in [1.165, 1.54) is 6.92 Å². The molecule has 0 bridgehead atoms. The quantitative estimate of drug-likeness (QED) is 0.494. The fourth-order valence-electron chi connectivity index (χ4n) is 0.174. The van der Waals surface area contributed by atoms with Crippen LogP contribution in [0.3, 0.4) is 0 Å². The molecule has 0 aromatic rings. The van der Waals surface area contributed by atoms with Crippen LogP contribution in [0, 0.1) is 0 Å². The minimum absolute atomic E-state index is 0.180. The topological polar surface area (TPSA) is 26.3 Å². The number of hydrogen-bond acceptors (Lipinski definition) is 2. The first-order chi connectivity index (χ1) is 3.27. The van der Waals surface area contributed by atoms with Crippen molar-refractivity contribution in [2.24, 2.45) is 0 Å². The molecule has 0 fully saturated rings. The van der Waals surface area contributed by atoms with E-state index in [-0.39, 0.29) is 5.97 Å². The Hall–Kier alpha value is -0.313. The van der Waals surface area contributed by atoms with Crippen LogP contribution in [0.15, 0.2) is 0 Å². The van der Waals surface area contributed by atoms with Crippen LogP contribution in [0.2, 0.25) is 6.04 Å². The van der Waals surface area contributed by atoms with Crippen LogP contribution in [0.5, 0.6) is 0 Å². The second-order valence-corrected chi connectivity index (χ2v) is 2.29. The van der Waals surface area contributed by atoms with Crippen molar-refractivity contribution in [3.63, 3.8) is 0 Å². The van der Waals surface area contributed by atoms with Crippen LogP contribution in [-0.4, -0.2) is 15.7 Å². The molecule has 0 amide bonds. The zero-order valence-electron chi connectivity index (χ0n) is 4.52. The van der Waals surface area contributed by atoms with Crippen LogP contribution < -0.4 is 0 Å². The molecule has 0 heterocycles. The van der Waals surface area contributed by atoms with Gasteiger partial charge in [-0.3, -0.25) is 4.79 Å². The van der Waals surface area contributed by atoms with Crippen molar-refractivity contribution < 1.29 is 9.22 Å². The predicted molar refractivity (Wildman–Crippen MR) is 28.0 cm³/mol. The van der Waals surface area contributed by atoms with Gasteiger partial charge in [0.15, 0.2) is 0 Å². The van der Waals surface area contributed by atoms with E-state index in [1.807, 2.05) is 6.92 Å². The molecule has 0 unspecified atom stereocenters. The fraction of sp³-hybridized carbons (Fsp3) is 0.750. The molecule has 0 saturated carbocycles. The molecule has 0 aliphatic carbocycles. The summed E-state index contributed by atoms with van der Waals surface area (Å²) >= 11 is 0. The highest BCUT2D eigenvalue weighted by Crippen LogP contribution is 1.76. The molecule has 0 aromatic carbocycles. The van der Waals surface area contributed by atoms with Gasteiger partial charge >= 0.3 is 9.76 Å². The summed E-state index contributed by atoms with van der Waals surface area (Å²) in [6.07, 6.45) is 0. The highest BCUT2D eigenvalue weighted by Gasteiger charge is 1.89. The molecule has 0 rings (SSSR count). The third-order valence-corrected chi connectivity index (χ3v) is 1.08. The highest BCUT2D eigenvalue weighted by atomic mass is 28.2. The lowest BCUT2D eigenvalue weighted by Crippen LogP contribution is -2.01. The largest absolute Gasteiger partial charge is 0.517 e. The second-order valence-electron chi connectivity index (χ2n) is 1.09. The van der Waals surface area contributed by atoms with E-state index < -0.39 is 0 Å². The van der Waals surface area contributed by atoms with Crippen molar-refractivity contribution in [3.8, 4) is 0 Å². The summed E-state index contributed by atoms with van der Waals surface area (Å²) in [7, 11) is 0.346. The molecule has 40 valence electrons. The zero-order chi connectivity index (χ0) is 5.70. The Kier molecular flexibility index (Phi) is 3.69. The van der Waals surface area contributed by atoms with E-state index in [9.17, 15) is 4.79 Å². The Morgan fingerprint density at radius 2 is 2.43 bits per heavy atom. The van der Waals surface area contributed by atoms with Crippen molar-refractivity contribution >= 4 is 15.7 Å². The zero-order valence-corrected chi connectivity index (χ0v) is 5.52. The van der Waals surface area contributed by atoms with Gasteiger partial charge in [0.25, 0.3) is 5.97 Å². The normalized spacial score (nSPS) is 8.29. The van der Waals surface area contributed by atoms with E-state index in [0.29, 0.717) is 9.76 Å². The fourth-order valence-corrected chi connectivity index (χ4v) is 0.521. The molecule has 0 atom stereocenters. The van der Waals surface area contributed by atoms with Gasteiger partial charge in [0.2, 0.25) is 0 Å². The lowest BCUT2D eigenvalue weighted by atomic mass is 10.9. The molecular formula is C4H8O2Si. The third-order valence-electron chi connectivity index (χ3n) is 0.360. The van der Waals surface area contributed by atoms with E-state index in [4.69, 9.17) is 0 Å². The standard InChI is InChI=1S/C4H8O2Si/c1-3-7-6-4(2)5/h3H2,1-2H3. The van der Waals surface area contributed by atoms with Crippen LogP contribution in [0.4, 0.5) is 0 Å².